The molecule has 1 aliphatic heterocycles. The molecule has 3 aromatic carbocycles. The maximum Gasteiger partial charge on any atom is 0.329 e. The van der Waals surface area contributed by atoms with Crippen molar-refractivity contribution in [1.29, 1.82) is 0 Å². The zero-order valence-corrected chi connectivity index (χ0v) is 34.6. The Hall–Kier alpha value is -5.17. The highest BCUT2D eigenvalue weighted by Gasteiger charge is 2.31. The molecule has 1 fully saturated rings. The summed E-state index contributed by atoms with van der Waals surface area (Å²) in [7, 11) is -0.837. The van der Waals surface area contributed by atoms with E-state index in [9.17, 15) is 28.5 Å². The van der Waals surface area contributed by atoms with Gasteiger partial charge in [0.15, 0.2) is 5.13 Å². The first kappa shape index (κ1) is 41.5. The van der Waals surface area contributed by atoms with Crippen LogP contribution in [0.5, 0.6) is 0 Å². The number of carbonyl (C=O) groups excluding carboxylic acids is 4. The lowest BCUT2D eigenvalue weighted by molar-refractivity contribution is -0.135. The van der Waals surface area contributed by atoms with Crippen molar-refractivity contribution in [3.63, 3.8) is 0 Å². The van der Waals surface area contributed by atoms with Gasteiger partial charge in [0.2, 0.25) is 17.7 Å². The Kier molecular flexibility index (Phi) is 13.4. The second kappa shape index (κ2) is 18.4. The van der Waals surface area contributed by atoms with E-state index in [1.807, 2.05) is 42.6 Å². The Morgan fingerprint density at radius 1 is 0.930 bits per heavy atom. The number of amides is 4. The number of benzene rings is 3. The van der Waals surface area contributed by atoms with Gasteiger partial charge in [-0.25, -0.2) is 9.78 Å². The van der Waals surface area contributed by atoms with Crippen LogP contribution in [0, 0.1) is 6.92 Å². The van der Waals surface area contributed by atoms with Gasteiger partial charge in [-0.3, -0.25) is 33.6 Å². The number of thiazole rings is 1. The van der Waals surface area contributed by atoms with Crippen LogP contribution in [0.4, 0.5) is 5.13 Å². The van der Waals surface area contributed by atoms with Crippen molar-refractivity contribution < 1.29 is 23.7 Å². The van der Waals surface area contributed by atoms with Crippen molar-refractivity contribution in [3.05, 3.63) is 98.8 Å². The molecule has 1 aliphatic rings. The van der Waals surface area contributed by atoms with Gasteiger partial charge in [0.1, 0.15) is 13.2 Å². The lowest BCUT2D eigenvalue weighted by atomic mass is 10.0. The van der Waals surface area contributed by atoms with Crippen LogP contribution in [0.1, 0.15) is 71.6 Å². The summed E-state index contributed by atoms with van der Waals surface area (Å²) < 4.78 is 15.7. The number of aryl methyl sites for hydroxylation is 4. The number of imide groups is 1. The SMILES string of the molecule is Cc1ccc(C(=O)NCC(=O)Nc2nc(-c3cccc(CCCCCNCCCc4ccc5c(c4)n(C)c(=O)n5C4CCC(=O)NC4=O)c3)cs2)cc1P(C)(C)=O. The van der Waals surface area contributed by atoms with E-state index in [-0.39, 0.29) is 30.5 Å². The van der Waals surface area contributed by atoms with E-state index in [2.05, 4.69) is 38.4 Å². The molecule has 13 nitrogen and oxygen atoms in total. The number of piperidine rings is 1. The number of nitrogens with zero attached hydrogens (tertiary/aromatic N) is 3. The van der Waals surface area contributed by atoms with Gasteiger partial charge in [-0.2, -0.15) is 0 Å². The standard InChI is InChI=1S/C42H50N7O6PS/c1-27-14-16-31(24-36(27)56(3,4)55)39(52)44-25-38(51)47-41-45-32(26-57-41)30-13-8-11-28(22-30)10-6-5-7-20-43-21-9-12-29-15-17-33-35(23-29)48(2)42(54)49(33)34-18-19-37(50)46-40(34)53/h8,11,13-17,22-24,26,34,43H,5-7,9-10,12,18-21,25H2,1-4H3,(H,44,52)(H,45,47,51)(H,46,50,53). The maximum absolute atomic E-state index is 13.0. The van der Waals surface area contributed by atoms with E-state index in [4.69, 9.17) is 0 Å². The molecule has 57 heavy (non-hydrogen) atoms. The largest absolute Gasteiger partial charge is 0.343 e. The molecule has 15 heteroatoms. The molecule has 1 unspecified atom stereocenters. The third-order valence-electron chi connectivity index (χ3n) is 10.2. The molecule has 4 N–H and O–H groups in total. The van der Waals surface area contributed by atoms with Crippen LogP contribution in [0.15, 0.2) is 70.8 Å². The molecule has 1 saturated heterocycles. The van der Waals surface area contributed by atoms with Gasteiger partial charge in [0.05, 0.1) is 23.3 Å². The highest BCUT2D eigenvalue weighted by Crippen LogP contribution is 2.36. The normalized spacial score (nSPS) is 14.5. The van der Waals surface area contributed by atoms with Crippen molar-refractivity contribution in [3.8, 4) is 11.3 Å². The molecule has 6 rings (SSSR count). The first-order valence-corrected chi connectivity index (χ1v) is 22.8. The highest BCUT2D eigenvalue weighted by atomic mass is 32.1. The van der Waals surface area contributed by atoms with Crippen molar-refractivity contribution in [2.75, 3.05) is 38.3 Å². The Morgan fingerprint density at radius 3 is 2.49 bits per heavy atom. The molecule has 0 aliphatic carbocycles. The number of carbonyl (C=O) groups is 4. The van der Waals surface area contributed by atoms with E-state index in [0.29, 0.717) is 27.9 Å². The first-order chi connectivity index (χ1) is 27.3. The number of nitrogens with one attached hydrogen (secondary N) is 4. The predicted molar refractivity (Wildman–Crippen MR) is 226 cm³/mol. The maximum atomic E-state index is 13.0. The predicted octanol–water partition coefficient (Wildman–Crippen LogP) is 5.30. The van der Waals surface area contributed by atoms with Crippen LogP contribution < -0.4 is 32.3 Å². The van der Waals surface area contributed by atoms with E-state index in [0.717, 1.165) is 79.5 Å². The molecular formula is C42H50N7O6PS. The van der Waals surface area contributed by atoms with Gasteiger partial charge in [-0.1, -0.05) is 36.8 Å². The lowest BCUT2D eigenvalue weighted by Crippen LogP contribution is -2.44. The van der Waals surface area contributed by atoms with E-state index < -0.39 is 25.0 Å². The van der Waals surface area contributed by atoms with Crippen LogP contribution in [-0.2, 0) is 38.8 Å². The summed E-state index contributed by atoms with van der Waals surface area (Å²) in [6.45, 7) is 6.81. The van der Waals surface area contributed by atoms with Crippen molar-refractivity contribution in [1.82, 2.24) is 30.1 Å². The Balaban J connectivity index is 0.881. The number of hydrogen-bond acceptors (Lipinski definition) is 9. The van der Waals surface area contributed by atoms with Gasteiger partial charge >= 0.3 is 5.69 Å². The summed E-state index contributed by atoms with van der Waals surface area (Å²) >= 11 is 1.33. The Morgan fingerprint density at radius 2 is 1.70 bits per heavy atom. The molecule has 300 valence electrons. The minimum atomic E-state index is -2.55. The lowest BCUT2D eigenvalue weighted by Gasteiger charge is -2.21. The molecule has 0 spiro atoms. The van der Waals surface area contributed by atoms with Crippen LogP contribution in [0.3, 0.4) is 0 Å². The van der Waals surface area contributed by atoms with Crippen molar-refractivity contribution in [2.45, 2.75) is 64.3 Å². The average molecular weight is 812 g/mol. The fourth-order valence-corrected chi connectivity index (χ4v) is 9.31. The van der Waals surface area contributed by atoms with Crippen LogP contribution in [0.2, 0.25) is 0 Å². The molecule has 1 atom stereocenters. The molecule has 5 aromatic rings. The number of anilines is 1. The van der Waals surface area contributed by atoms with Crippen molar-refractivity contribution >= 4 is 63.6 Å². The van der Waals surface area contributed by atoms with Crippen LogP contribution in [-0.4, -0.2) is 70.7 Å². The molecule has 3 heterocycles. The number of fused-ring (bicyclic) bond motifs is 1. The zero-order valence-electron chi connectivity index (χ0n) is 32.9. The average Bonchev–Trinajstić information content (AvgIpc) is 3.74. The highest BCUT2D eigenvalue weighted by molar-refractivity contribution is 7.70. The molecule has 0 saturated carbocycles. The van der Waals surface area contributed by atoms with E-state index >= 15 is 0 Å². The second-order valence-electron chi connectivity index (χ2n) is 15.0. The topological polar surface area (TPSA) is 173 Å². The summed E-state index contributed by atoms with van der Waals surface area (Å²) in [5.41, 5.74) is 6.55. The fourth-order valence-electron chi connectivity index (χ4n) is 7.20. The first-order valence-electron chi connectivity index (χ1n) is 19.3. The summed E-state index contributed by atoms with van der Waals surface area (Å²) in [5, 5.41) is 14.3. The number of imidazole rings is 1. The minimum Gasteiger partial charge on any atom is -0.343 e. The van der Waals surface area contributed by atoms with Crippen LogP contribution in [0.25, 0.3) is 22.3 Å². The summed E-state index contributed by atoms with van der Waals surface area (Å²) in [6.07, 6.45) is 6.54. The number of unbranched alkanes of at least 4 members (excludes halogenated alkanes) is 2. The summed E-state index contributed by atoms with van der Waals surface area (Å²) in [5.74, 6) is -1.53. The van der Waals surface area contributed by atoms with E-state index in [1.165, 1.54) is 21.5 Å². The third kappa shape index (κ3) is 10.4. The third-order valence-corrected chi connectivity index (χ3v) is 12.6. The quantitative estimate of drug-likeness (QED) is 0.0557. The molecule has 4 amide bonds. The van der Waals surface area contributed by atoms with Crippen LogP contribution >= 0.6 is 18.5 Å². The molecule has 0 radical (unpaired) electrons. The smallest absolute Gasteiger partial charge is 0.329 e. The monoisotopic (exact) mass is 811 g/mol. The van der Waals surface area contributed by atoms with Gasteiger partial charge < -0.3 is 20.5 Å². The number of rotatable bonds is 17. The van der Waals surface area contributed by atoms with Crippen molar-refractivity contribution in [2.24, 2.45) is 7.05 Å². The molecule has 0 bridgehead atoms. The summed E-state index contributed by atoms with van der Waals surface area (Å²) in [4.78, 5) is 67.0. The molecular weight excluding hydrogens is 762 g/mol. The minimum absolute atomic E-state index is 0.217. The summed E-state index contributed by atoms with van der Waals surface area (Å²) in [6, 6.07) is 18.6. The zero-order chi connectivity index (χ0) is 40.7. The van der Waals surface area contributed by atoms with Gasteiger partial charge in [-0.05, 0) is 119 Å². The van der Waals surface area contributed by atoms with Gasteiger partial charge in [0.25, 0.3) is 5.91 Å². The van der Waals surface area contributed by atoms with Gasteiger partial charge in [0, 0.05) is 35.3 Å². The number of aromatic nitrogens is 3. The number of hydrogen-bond donors (Lipinski definition) is 4. The van der Waals surface area contributed by atoms with E-state index in [1.54, 1.807) is 43.1 Å². The Labute approximate surface area is 336 Å². The molecule has 2 aromatic heterocycles. The Bertz CT molecular complexity index is 2410. The second-order valence-corrected chi connectivity index (χ2v) is 19.0. The fraction of sp³-hybridized carbons (Fsp3) is 0.381. The van der Waals surface area contributed by atoms with Gasteiger partial charge in [-0.15, -0.1) is 11.3 Å².